The number of aromatic nitrogens is 4. The predicted molar refractivity (Wildman–Crippen MR) is 77.3 cm³/mol. The maximum Gasteiger partial charge on any atom is 0.283 e. The summed E-state index contributed by atoms with van der Waals surface area (Å²) in [6.45, 7) is 5.86. The molecule has 0 aliphatic rings. The van der Waals surface area contributed by atoms with Crippen LogP contribution in [0.5, 0.6) is 0 Å². The Bertz CT molecular complexity index is 619. The van der Waals surface area contributed by atoms with Crippen LogP contribution in [0, 0.1) is 6.92 Å². The molecule has 0 spiro atoms. The summed E-state index contributed by atoms with van der Waals surface area (Å²) < 4.78 is 3.78. The molecule has 2 aromatic heterocycles. The first-order valence-corrected chi connectivity index (χ1v) is 6.89. The molecule has 2 rings (SSSR count). The highest BCUT2D eigenvalue weighted by Crippen LogP contribution is 2.15. The summed E-state index contributed by atoms with van der Waals surface area (Å²) in [5, 5.41) is 11.5. The van der Waals surface area contributed by atoms with Crippen LogP contribution in [0.15, 0.2) is 27.9 Å². The van der Waals surface area contributed by atoms with Crippen LogP contribution in [0.1, 0.15) is 12.5 Å². The molecule has 0 bridgehead atoms. The number of nitrogens with zero attached hydrogens (tertiary/aromatic N) is 4. The third kappa shape index (κ3) is 3.23. The first-order valence-electron chi connectivity index (χ1n) is 6.10. The van der Waals surface area contributed by atoms with Gasteiger partial charge in [-0.25, -0.2) is 4.68 Å². The van der Waals surface area contributed by atoms with E-state index in [0.717, 1.165) is 12.1 Å². The van der Waals surface area contributed by atoms with Gasteiger partial charge in [0.25, 0.3) is 5.56 Å². The number of hydrogen-bond acceptors (Lipinski definition) is 4. The summed E-state index contributed by atoms with van der Waals surface area (Å²) in [7, 11) is 0. The van der Waals surface area contributed by atoms with Crippen LogP contribution in [-0.4, -0.2) is 26.1 Å². The van der Waals surface area contributed by atoms with Gasteiger partial charge in [-0.3, -0.25) is 9.48 Å². The Hall–Kier alpha value is -1.63. The van der Waals surface area contributed by atoms with Crippen LogP contribution < -0.4 is 10.9 Å². The second kappa shape index (κ2) is 6.01. The maximum absolute atomic E-state index is 11.9. The van der Waals surface area contributed by atoms with Gasteiger partial charge >= 0.3 is 0 Å². The summed E-state index contributed by atoms with van der Waals surface area (Å²) in [4.78, 5) is 11.9. The molecule has 0 aliphatic heterocycles. The molecule has 7 heteroatoms. The van der Waals surface area contributed by atoms with Crippen LogP contribution in [0.25, 0.3) is 0 Å². The number of aryl methyl sites for hydroxylation is 2. The second-order valence-electron chi connectivity index (χ2n) is 4.20. The Labute approximate surface area is 119 Å². The maximum atomic E-state index is 11.9. The number of nitrogens with one attached hydrogen (secondary N) is 1. The van der Waals surface area contributed by atoms with Crippen LogP contribution in [0.4, 0.5) is 5.69 Å². The van der Waals surface area contributed by atoms with Crippen molar-refractivity contribution in [1.29, 1.82) is 0 Å². The van der Waals surface area contributed by atoms with E-state index in [9.17, 15) is 4.79 Å². The van der Waals surface area contributed by atoms with Crippen LogP contribution >= 0.6 is 15.9 Å². The zero-order valence-electron chi connectivity index (χ0n) is 10.9. The summed E-state index contributed by atoms with van der Waals surface area (Å²) in [6.07, 6.45) is 5.45. The first-order chi connectivity index (χ1) is 9.11. The molecule has 0 atom stereocenters. The smallest absolute Gasteiger partial charge is 0.283 e. The Morgan fingerprint density at radius 2 is 2.16 bits per heavy atom. The topological polar surface area (TPSA) is 64.7 Å². The molecule has 0 unspecified atom stereocenters. The molecule has 0 saturated heterocycles. The fourth-order valence-electron chi connectivity index (χ4n) is 1.71. The normalized spacial score (nSPS) is 10.7. The van der Waals surface area contributed by atoms with E-state index in [1.165, 1.54) is 4.68 Å². The molecule has 1 N–H and O–H groups in total. The summed E-state index contributed by atoms with van der Waals surface area (Å²) in [6, 6.07) is 0. The van der Waals surface area contributed by atoms with E-state index in [-0.39, 0.29) is 5.56 Å². The molecular formula is C12H16BrN5O. The lowest BCUT2D eigenvalue weighted by Gasteiger charge is -2.09. The Morgan fingerprint density at radius 1 is 1.37 bits per heavy atom. The third-order valence-electron chi connectivity index (χ3n) is 2.70. The zero-order chi connectivity index (χ0) is 13.8. The molecule has 19 heavy (non-hydrogen) atoms. The molecule has 2 heterocycles. The number of rotatable bonds is 5. The highest BCUT2D eigenvalue weighted by molar-refractivity contribution is 9.10. The molecule has 0 aromatic carbocycles. The van der Waals surface area contributed by atoms with Crippen molar-refractivity contribution in [2.45, 2.75) is 26.9 Å². The SMILES string of the molecule is CCn1ncc(NCCn2cc(C)cn2)c(Br)c1=O. The fourth-order valence-corrected chi connectivity index (χ4v) is 2.16. The van der Waals surface area contributed by atoms with Gasteiger partial charge in [-0.1, -0.05) is 0 Å². The van der Waals surface area contributed by atoms with Gasteiger partial charge in [0.15, 0.2) is 0 Å². The van der Waals surface area contributed by atoms with Gasteiger partial charge in [-0.2, -0.15) is 10.2 Å². The van der Waals surface area contributed by atoms with E-state index in [0.29, 0.717) is 23.2 Å². The minimum atomic E-state index is -0.123. The summed E-state index contributed by atoms with van der Waals surface area (Å²) in [5.74, 6) is 0. The third-order valence-corrected chi connectivity index (χ3v) is 3.47. The largest absolute Gasteiger partial charge is 0.381 e. The molecule has 6 nitrogen and oxygen atoms in total. The monoisotopic (exact) mass is 325 g/mol. The van der Waals surface area contributed by atoms with Crippen molar-refractivity contribution in [3.8, 4) is 0 Å². The lowest BCUT2D eigenvalue weighted by atomic mass is 10.4. The Balaban J connectivity index is 2.00. The number of anilines is 1. The van der Waals surface area contributed by atoms with Crippen molar-refractivity contribution in [3.63, 3.8) is 0 Å². The van der Waals surface area contributed by atoms with Gasteiger partial charge < -0.3 is 5.32 Å². The average molecular weight is 326 g/mol. The molecule has 0 radical (unpaired) electrons. The van der Waals surface area contributed by atoms with E-state index >= 15 is 0 Å². The Morgan fingerprint density at radius 3 is 2.79 bits per heavy atom. The van der Waals surface area contributed by atoms with Crippen LogP contribution in [-0.2, 0) is 13.1 Å². The van der Waals surface area contributed by atoms with Crippen molar-refractivity contribution in [3.05, 3.63) is 39.0 Å². The second-order valence-corrected chi connectivity index (χ2v) is 4.99. The van der Waals surface area contributed by atoms with Gasteiger partial charge in [-0.15, -0.1) is 0 Å². The zero-order valence-corrected chi connectivity index (χ0v) is 12.5. The minimum Gasteiger partial charge on any atom is -0.381 e. The van der Waals surface area contributed by atoms with Crippen LogP contribution in [0.2, 0.25) is 0 Å². The quantitative estimate of drug-likeness (QED) is 0.907. The Kier molecular flexibility index (Phi) is 4.36. The van der Waals surface area contributed by atoms with Gasteiger partial charge in [0, 0.05) is 19.3 Å². The van der Waals surface area contributed by atoms with Crippen molar-refractivity contribution < 1.29 is 0 Å². The van der Waals surface area contributed by atoms with Gasteiger partial charge in [0.05, 0.1) is 24.6 Å². The lowest BCUT2D eigenvalue weighted by Crippen LogP contribution is -2.24. The molecule has 102 valence electrons. The van der Waals surface area contributed by atoms with E-state index in [2.05, 4.69) is 31.4 Å². The van der Waals surface area contributed by atoms with E-state index in [1.807, 2.05) is 30.9 Å². The molecule has 2 aromatic rings. The molecule has 0 amide bonds. The molecule has 0 aliphatic carbocycles. The van der Waals surface area contributed by atoms with E-state index in [4.69, 9.17) is 0 Å². The highest BCUT2D eigenvalue weighted by atomic mass is 79.9. The van der Waals surface area contributed by atoms with Gasteiger partial charge in [-0.05, 0) is 35.3 Å². The standard InChI is InChI=1S/C12H16BrN5O/c1-3-18-12(19)11(13)10(7-16-18)14-4-5-17-8-9(2)6-15-17/h6-8,14H,3-5H2,1-2H3. The van der Waals surface area contributed by atoms with Crippen molar-refractivity contribution in [2.75, 3.05) is 11.9 Å². The molecule has 0 fully saturated rings. The molecular weight excluding hydrogens is 310 g/mol. The predicted octanol–water partition coefficient (Wildman–Crippen LogP) is 1.64. The van der Waals surface area contributed by atoms with Crippen LogP contribution in [0.3, 0.4) is 0 Å². The summed E-state index contributed by atoms with van der Waals surface area (Å²) in [5.41, 5.74) is 1.72. The molecule has 0 saturated carbocycles. The van der Waals surface area contributed by atoms with Crippen molar-refractivity contribution in [1.82, 2.24) is 19.6 Å². The number of hydrogen-bond donors (Lipinski definition) is 1. The highest BCUT2D eigenvalue weighted by Gasteiger charge is 2.07. The summed E-state index contributed by atoms with van der Waals surface area (Å²) >= 11 is 3.30. The minimum absolute atomic E-state index is 0.123. The number of halogens is 1. The van der Waals surface area contributed by atoms with Gasteiger partial charge in [0.1, 0.15) is 4.47 Å². The fraction of sp³-hybridized carbons (Fsp3) is 0.417. The lowest BCUT2D eigenvalue weighted by molar-refractivity contribution is 0.610. The van der Waals surface area contributed by atoms with Crippen molar-refractivity contribution in [2.24, 2.45) is 0 Å². The van der Waals surface area contributed by atoms with E-state index < -0.39 is 0 Å². The van der Waals surface area contributed by atoms with E-state index in [1.54, 1.807) is 6.20 Å². The average Bonchev–Trinajstić information content (AvgIpc) is 2.81. The van der Waals surface area contributed by atoms with Gasteiger partial charge in [0.2, 0.25) is 0 Å². The van der Waals surface area contributed by atoms with Crippen molar-refractivity contribution >= 4 is 21.6 Å². The first kappa shape index (κ1) is 13.8.